The number of thiophene rings is 1. The second kappa shape index (κ2) is 17.4. The molecule has 5 nitrogen and oxygen atoms in total. The summed E-state index contributed by atoms with van der Waals surface area (Å²) in [5.41, 5.74) is 8.48. The van der Waals surface area contributed by atoms with E-state index in [0.29, 0.717) is 10.5 Å². The molecule has 1 atom stereocenters. The van der Waals surface area contributed by atoms with Crippen molar-refractivity contribution >= 4 is 88.3 Å². The number of hydrogen-bond donors (Lipinski definition) is 0. The van der Waals surface area contributed by atoms with Crippen molar-refractivity contribution in [3.63, 3.8) is 0 Å². The van der Waals surface area contributed by atoms with E-state index in [-0.39, 0.29) is 36.9 Å². The third-order valence-electron chi connectivity index (χ3n) is 11.5. The minimum Gasteiger partial charge on any atom is -0.661 e. The number of furan rings is 1. The number of fused-ring (bicyclic) bond motifs is 7. The average molecular weight is 1100 g/mol. The zero-order valence-electron chi connectivity index (χ0n) is 42.7. The molecular weight excluding hydrogens is 1050 g/mol. The largest absolute Gasteiger partial charge is 3.00 e. The van der Waals surface area contributed by atoms with Crippen LogP contribution in [0.5, 0.6) is 0 Å². The molecular formula is C55H46FGeIrN4OS. The van der Waals surface area contributed by atoms with Crippen molar-refractivity contribution in [3.8, 4) is 22.4 Å². The fourth-order valence-electron chi connectivity index (χ4n) is 8.51. The van der Waals surface area contributed by atoms with Crippen LogP contribution in [0.15, 0.2) is 144 Å². The standard InChI is InChI=1S/C37H23N3OS.C18H23FGeN.Ir/c1-22-18-19-26-25-13-9-14-28(35(25)42-37(26)38-22)36-39-29-15-6-7-16-30(29)40(36)31-21-20-24(23-10-3-2-4-11-23)34-33(31)27-12-5-8-17-32(27)41-34;1-12(2)15-10-17(21-11-16(15)20(4,5)6)14-9-7-8-13(3)18(14)19;/h2-13,15-21,36H,1H3;7-8,10-12H,1-6H3;/q-2;-1;+3/i1D3;3D3,12D;. The van der Waals surface area contributed by atoms with E-state index in [1.807, 2.05) is 72.8 Å². The molecule has 10 aromatic rings. The van der Waals surface area contributed by atoms with Crippen LogP contribution in [0, 0.1) is 31.7 Å². The Morgan fingerprint density at radius 2 is 1.62 bits per heavy atom. The van der Waals surface area contributed by atoms with Gasteiger partial charge in [-0.3, -0.25) is 0 Å². The molecule has 11 rings (SSSR count). The van der Waals surface area contributed by atoms with Gasteiger partial charge < -0.3 is 14.6 Å². The molecule has 4 aromatic heterocycles. The molecule has 0 bridgehead atoms. The van der Waals surface area contributed by atoms with Gasteiger partial charge in [-0.1, -0.05) is 77.5 Å². The van der Waals surface area contributed by atoms with E-state index in [2.05, 4.69) is 80.7 Å². The molecule has 9 heteroatoms. The summed E-state index contributed by atoms with van der Waals surface area (Å²) in [6, 6.07) is 49.1. The van der Waals surface area contributed by atoms with E-state index in [1.165, 1.54) is 23.5 Å². The minimum atomic E-state index is -2.54. The summed E-state index contributed by atoms with van der Waals surface area (Å²) in [4.78, 5) is 11.9. The molecule has 0 aliphatic carbocycles. The molecule has 6 aromatic carbocycles. The maximum Gasteiger partial charge on any atom is 3.00 e. The Kier molecular flexibility index (Phi) is 9.70. The predicted octanol–water partition coefficient (Wildman–Crippen LogP) is 15.6. The third-order valence-corrected chi connectivity index (χ3v) is 16.9. The Morgan fingerprint density at radius 3 is 2.42 bits per heavy atom. The first-order valence-corrected chi connectivity index (χ1v) is 28.9. The van der Waals surface area contributed by atoms with Crippen LogP contribution in [0.2, 0.25) is 17.3 Å². The van der Waals surface area contributed by atoms with Gasteiger partial charge in [0, 0.05) is 26.4 Å². The number of pyridine rings is 2. The number of aromatic nitrogens is 2. The van der Waals surface area contributed by atoms with Crippen molar-refractivity contribution in [2.75, 3.05) is 4.90 Å². The predicted molar refractivity (Wildman–Crippen MR) is 264 cm³/mol. The van der Waals surface area contributed by atoms with Gasteiger partial charge in [0.1, 0.15) is 16.0 Å². The fourth-order valence-corrected chi connectivity index (χ4v) is 13.0. The van der Waals surface area contributed by atoms with Crippen molar-refractivity contribution in [1.82, 2.24) is 9.97 Å². The molecule has 0 saturated carbocycles. The van der Waals surface area contributed by atoms with Gasteiger partial charge in [-0.2, -0.15) is 29.5 Å². The molecule has 64 heavy (non-hydrogen) atoms. The van der Waals surface area contributed by atoms with Gasteiger partial charge in [0.25, 0.3) is 0 Å². The number of aryl methyl sites for hydroxylation is 2. The van der Waals surface area contributed by atoms with Gasteiger partial charge in [0.2, 0.25) is 0 Å². The van der Waals surface area contributed by atoms with Crippen LogP contribution in [-0.2, 0) is 20.1 Å². The molecule has 1 unspecified atom stereocenters. The van der Waals surface area contributed by atoms with Gasteiger partial charge in [-0.05, 0) is 54.3 Å². The smallest absolute Gasteiger partial charge is 0.661 e. The van der Waals surface area contributed by atoms with Gasteiger partial charge in [0.05, 0.1) is 11.1 Å². The topological polar surface area (TPSA) is 56.3 Å². The molecule has 318 valence electrons. The zero-order chi connectivity index (χ0) is 49.5. The number of para-hydroxylation sites is 3. The number of hydrogen-bond acceptors (Lipinski definition) is 5. The normalized spacial score (nSPS) is 15.8. The first-order chi connectivity index (χ1) is 33.2. The number of rotatable bonds is 6. The molecule has 1 aliphatic rings. The van der Waals surface area contributed by atoms with E-state index in [4.69, 9.17) is 19.3 Å². The van der Waals surface area contributed by atoms with Crippen LogP contribution in [0.3, 0.4) is 0 Å². The summed E-state index contributed by atoms with van der Waals surface area (Å²) in [7, 11) is 0. The van der Waals surface area contributed by atoms with Crippen molar-refractivity contribution in [2.45, 2.75) is 56.9 Å². The van der Waals surface area contributed by atoms with Gasteiger partial charge in [-0.15, -0.1) is 16.6 Å². The zero-order valence-corrected chi connectivity index (χ0v) is 41.0. The van der Waals surface area contributed by atoms with Crippen LogP contribution in [0.1, 0.15) is 57.9 Å². The molecule has 0 radical (unpaired) electrons. The molecule has 0 spiro atoms. The van der Waals surface area contributed by atoms with E-state index >= 15 is 0 Å². The van der Waals surface area contributed by atoms with E-state index in [1.54, 1.807) is 32.2 Å². The van der Waals surface area contributed by atoms with Crippen molar-refractivity contribution in [3.05, 3.63) is 185 Å². The van der Waals surface area contributed by atoms with Crippen LogP contribution in [0.4, 0.5) is 21.5 Å². The monoisotopic (exact) mass is 1100 g/mol. The van der Waals surface area contributed by atoms with E-state index < -0.39 is 44.8 Å². The molecule has 0 N–H and O–H groups in total. The molecule has 0 saturated heterocycles. The number of anilines is 2. The molecule has 5 heterocycles. The fraction of sp³-hybridized carbons (Fsp3) is 0.164. The average Bonchev–Trinajstić information content (AvgIpc) is 4.02. The van der Waals surface area contributed by atoms with Gasteiger partial charge in [-0.25, -0.2) is 4.98 Å². The second-order valence-corrected chi connectivity index (χ2v) is 28.5. The Morgan fingerprint density at radius 1 is 0.844 bits per heavy atom. The second-order valence-electron chi connectivity index (χ2n) is 16.9. The van der Waals surface area contributed by atoms with Crippen LogP contribution < -0.4 is 9.30 Å². The molecule has 1 aliphatic heterocycles. The Bertz CT molecular complexity index is 3640. The first-order valence-electron chi connectivity index (χ1n) is 24.2. The van der Waals surface area contributed by atoms with Crippen LogP contribution in [0.25, 0.3) is 69.9 Å². The molecule has 0 amide bonds. The quantitative estimate of drug-likeness (QED) is 0.123. The van der Waals surface area contributed by atoms with Crippen molar-refractivity contribution < 1.29 is 38.5 Å². The number of benzene rings is 6. The maximum atomic E-state index is 14.8. The van der Waals surface area contributed by atoms with Crippen molar-refractivity contribution in [2.24, 2.45) is 0 Å². The molecule has 0 fully saturated rings. The number of halogens is 1. The Labute approximate surface area is 403 Å². The Balaban J connectivity index is 0.000000206. The van der Waals surface area contributed by atoms with E-state index in [9.17, 15) is 4.39 Å². The summed E-state index contributed by atoms with van der Waals surface area (Å²) < 4.78 is 77.9. The summed E-state index contributed by atoms with van der Waals surface area (Å²) in [5, 5.41) is 9.27. The summed E-state index contributed by atoms with van der Waals surface area (Å²) in [6.45, 7) is -1.22. The van der Waals surface area contributed by atoms with Crippen molar-refractivity contribution in [1.29, 1.82) is 0 Å². The van der Waals surface area contributed by atoms with Gasteiger partial charge in [0.15, 0.2) is 0 Å². The van der Waals surface area contributed by atoms with Crippen LogP contribution in [-0.4, -0.2) is 23.2 Å². The maximum absolute atomic E-state index is 14.8. The van der Waals surface area contributed by atoms with Crippen LogP contribution >= 0.6 is 11.3 Å². The Hall–Kier alpha value is -5.64. The number of nitrogens with zero attached hydrogens (tertiary/aromatic N) is 4. The first kappa shape index (κ1) is 35.7. The summed E-state index contributed by atoms with van der Waals surface area (Å²) in [6.07, 6.45) is 1.32. The minimum absolute atomic E-state index is 0. The summed E-state index contributed by atoms with van der Waals surface area (Å²) in [5.74, 6) is 4.97. The SMILES string of the molecule is [2H]C([2H])([2H])c1cc[c-]c(-c2cc(C([2H])(C)C)[c]([Ge]([CH3])([CH3])[CH3])cn2)c1F.[2H]C([2H])([2H])c1ccc2c(n1)sc1c(C3[N-]c4ccccc4N3c3ccc(-c4ccccc4)c4oc5ccccc5c34)[c-]ccc12.[Ir+3]. The van der Waals surface area contributed by atoms with Gasteiger partial charge >= 0.3 is 155 Å². The van der Waals surface area contributed by atoms with E-state index in [0.717, 1.165) is 81.1 Å². The summed E-state index contributed by atoms with van der Waals surface area (Å²) >= 11 is -0.784. The third kappa shape index (κ3) is 7.74.